The number of aromatic nitrogens is 1. The molecule has 2 N–H and O–H groups in total. The van der Waals surface area contributed by atoms with E-state index in [2.05, 4.69) is 22.5 Å². The maximum absolute atomic E-state index is 4.56. The van der Waals surface area contributed by atoms with E-state index < -0.39 is 0 Å². The van der Waals surface area contributed by atoms with Crippen molar-refractivity contribution in [1.82, 2.24) is 10.3 Å². The van der Waals surface area contributed by atoms with Crippen molar-refractivity contribution in [3.63, 3.8) is 0 Å². The second kappa shape index (κ2) is 4.94. The first-order valence-electron chi connectivity index (χ1n) is 5.73. The van der Waals surface area contributed by atoms with Crippen LogP contribution >= 0.6 is 11.3 Å². The molecule has 0 aliphatic heterocycles. The molecule has 0 radical (unpaired) electrons. The number of hydrogen-bond donors (Lipinski definition) is 2. The molecule has 1 aliphatic rings. The van der Waals surface area contributed by atoms with E-state index in [0.717, 1.165) is 24.5 Å². The quantitative estimate of drug-likeness (QED) is 0.823. The first kappa shape index (κ1) is 10.9. The van der Waals surface area contributed by atoms with Gasteiger partial charge in [0.1, 0.15) is 0 Å². The molecular weight excluding hydrogens is 206 g/mol. The Balaban J connectivity index is 1.99. The molecule has 0 bridgehead atoms. The van der Waals surface area contributed by atoms with Crippen LogP contribution in [-0.4, -0.2) is 24.6 Å². The minimum atomic E-state index is 0.669. The molecule has 0 saturated carbocycles. The summed E-state index contributed by atoms with van der Waals surface area (Å²) in [5.41, 5.74) is 1.32. The van der Waals surface area contributed by atoms with Gasteiger partial charge >= 0.3 is 0 Å². The number of aryl methyl sites for hydroxylation is 1. The molecule has 0 saturated heterocycles. The summed E-state index contributed by atoms with van der Waals surface area (Å²) in [7, 11) is 1.94. The topological polar surface area (TPSA) is 37.0 Å². The Morgan fingerprint density at radius 3 is 3.13 bits per heavy atom. The van der Waals surface area contributed by atoms with Crippen LogP contribution in [0, 0.1) is 0 Å². The van der Waals surface area contributed by atoms with E-state index in [-0.39, 0.29) is 0 Å². The van der Waals surface area contributed by atoms with Crippen molar-refractivity contribution in [2.75, 3.05) is 18.9 Å². The number of hydrogen-bond acceptors (Lipinski definition) is 4. The monoisotopic (exact) mass is 225 g/mol. The predicted octanol–water partition coefficient (Wildman–Crippen LogP) is 2.04. The summed E-state index contributed by atoms with van der Waals surface area (Å²) in [5.74, 6) is 0. The fourth-order valence-corrected chi connectivity index (χ4v) is 3.05. The summed E-state index contributed by atoms with van der Waals surface area (Å²) >= 11 is 1.81. The Morgan fingerprint density at radius 2 is 2.40 bits per heavy atom. The van der Waals surface area contributed by atoms with Crippen molar-refractivity contribution < 1.29 is 0 Å². The molecule has 1 heterocycles. The first-order chi connectivity index (χ1) is 7.33. The van der Waals surface area contributed by atoms with Crippen LogP contribution in [0.4, 0.5) is 5.13 Å². The van der Waals surface area contributed by atoms with Crippen molar-refractivity contribution in [3.05, 3.63) is 10.6 Å². The van der Waals surface area contributed by atoms with E-state index in [1.54, 1.807) is 0 Å². The van der Waals surface area contributed by atoms with Crippen LogP contribution in [0.5, 0.6) is 0 Å². The molecular formula is C11H19N3S. The molecule has 0 unspecified atom stereocenters. The van der Waals surface area contributed by atoms with Gasteiger partial charge in [-0.15, -0.1) is 11.3 Å². The number of nitrogens with zero attached hydrogens (tertiary/aromatic N) is 1. The van der Waals surface area contributed by atoms with Gasteiger partial charge in [0.2, 0.25) is 0 Å². The van der Waals surface area contributed by atoms with E-state index in [0.29, 0.717) is 6.04 Å². The lowest BCUT2D eigenvalue weighted by molar-refractivity contribution is 0.460. The summed E-state index contributed by atoms with van der Waals surface area (Å²) in [6.45, 7) is 3.35. The molecule has 15 heavy (non-hydrogen) atoms. The van der Waals surface area contributed by atoms with Gasteiger partial charge in [0, 0.05) is 18.0 Å². The van der Waals surface area contributed by atoms with Crippen molar-refractivity contribution in [2.45, 2.75) is 38.6 Å². The molecule has 1 aromatic rings. The van der Waals surface area contributed by atoms with Crippen LogP contribution in [0.2, 0.25) is 0 Å². The summed E-state index contributed by atoms with van der Waals surface area (Å²) in [4.78, 5) is 6.04. The number of nitrogens with one attached hydrogen (secondary N) is 2. The number of thiazole rings is 1. The zero-order valence-corrected chi connectivity index (χ0v) is 10.3. The fourth-order valence-electron chi connectivity index (χ4n) is 2.00. The summed E-state index contributed by atoms with van der Waals surface area (Å²) in [6.07, 6.45) is 4.75. The fraction of sp³-hybridized carbons (Fsp3) is 0.727. The van der Waals surface area contributed by atoms with Gasteiger partial charge in [-0.2, -0.15) is 0 Å². The van der Waals surface area contributed by atoms with Crippen LogP contribution in [-0.2, 0) is 12.8 Å². The van der Waals surface area contributed by atoms with Crippen molar-refractivity contribution in [3.8, 4) is 0 Å². The van der Waals surface area contributed by atoms with Crippen LogP contribution < -0.4 is 10.6 Å². The lowest BCUT2D eigenvalue weighted by Crippen LogP contribution is -2.34. The number of fused-ring (bicyclic) bond motifs is 1. The normalized spacial score (nSPS) is 20.0. The van der Waals surface area contributed by atoms with Crippen LogP contribution in [0.25, 0.3) is 0 Å². The van der Waals surface area contributed by atoms with E-state index in [9.17, 15) is 0 Å². The van der Waals surface area contributed by atoms with Gasteiger partial charge in [-0.1, -0.05) is 6.92 Å². The standard InChI is InChI=1S/C11H19N3S/c1-3-6-13-8-4-5-9-10(7-8)15-11(12-2)14-9/h8,13H,3-7H2,1-2H3,(H,12,14)/t8-/m1/s1. The summed E-state index contributed by atoms with van der Waals surface area (Å²) in [6, 6.07) is 0.669. The van der Waals surface area contributed by atoms with Crippen LogP contribution in [0.1, 0.15) is 30.3 Å². The molecule has 0 aromatic carbocycles. The Hall–Kier alpha value is -0.610. The number of rotatable bonds is 4. The van der Waals surface area contributed by atoms with Crippen molar-refractivity contribution in [1.29, 1.82) is 0 Å². The van der Waals surface area contributed by atoms with Gasteiger partial charge in [-0.25, -0.2) is 4.98 Å². The Labute approximate surface area is 95.3 Å². The Kier molecular flexibility index (Phi) is 3.59. The second-order valence-corrected chi connectivity index (χ2v) is 5.12. The summed E-state index contributed by atoms with van der Waals surface area (Å²) < 4.78 is 0. The van der Waals surface area contributed by atoms with E-state index >= 15 is 0 Å². The van der Waals surface area contributed by atoms with Crippen LogP contribution in [0.15, 0.2) is 0 Å². The Bertz CT molecular complexity index is 322. The summed E-state index contributed by atoms with van der Waals surface area (Å²) in [5, 5.41) is 7.79. The molecule has 2 rings (SSSR count). The predicted molar refractivity (Wildman–Crippen MR) is 65.8 cm³/mol. The third kappa shape index (κ3) is 2.49. The molecule has 0 amide bonds. The highest BCUT2D eigenvalue weighted by Gasteiger charge is 2.21. The number of anilines is 1. The zero-order chi connectivity index (χ0) is 10.7. The molecule has 1 aliphatic carbocycles. The lowest BCUT2D eigenvalue weighted by atomic mass is 9.98. The minimum absolute atomic E-state index is 0.669. The molecule has 3 nitrogen and oxygen atoms in total. The first-order valence-corrected chi connectivity index (χ1v) is 6.54. The van der Waals surface area contributed by atoms with E-state index in [1.165, 1.54) is 23.4 Å². The van der Waals surface area contributed by atoms with Crippen LogP contribution in [0.3, 0.4) is 0 Å². The average Bonchev–Trinajstić information content (AvgIpc) is 2.68. The molecule has 0 fully saturated rings. The van der Waals surface area contributed by atoms with Gasteiger partial charge in [0.15, 0.2) is 5.13 Å². The van der Waals surface area contributed by atoms with E-state index in [4.69, 9.17) is 0 Å². The SMILES string of the molecule is CCCN[C@@H]1CCc2nc(NC)sc2C1. The smallest absolute Gasteiger partial charge is 0.182 e. The second-order valence-electron chi connectivity index (χ2n) is 4.03. The van der Waals surface area contributed by atoms with Crippen molar-refractivity contribution >= 4 is 16.5 Å². The van der Waals surface area contributed by atoms with Gasteiger partial charge < -0.3 is 10.6 Å². The maximum atomic E-state index is 4.56. The lowest BCUT2D eigenvalue weighted by Gasteiger charge is -2.21. The van der Waals surface area contributed by atoms with Gasteiger partial charge in [-0.3, -0.25) is 0 Å². The highest BCUT2D eigenvalue weighted by molar-refractivity contribution is 7.15. The molecule has 0 spiro atoms. The van der Waals surface area contributed by atoms with Gasteiger partial charge in [0.05, 0.1) is 5.69 Å². The third-order valence-corrected chi connectivity index (χ3v) is 3.97. The molecule has 1 aromatic heterocycles. The molecule has 84 valence electrons. The Morgan fingerprint density at radius 1 is 1.53 bits per heavy atom. The van der Waals surface area contributed by atoms with Gasteiger partial charge in [0.25, 0.3) is 0 Å². The highest BCUT2D eigenvalue weighted by atomic mass is 32.1. The highest BCUT2D eigenvalue weighted by Crippen LogP contribution is 2.29. The zero-order valence-electron chi connectivity index (χ0n) is 9.47. The largest absolute Gasteiger partial charge is 0.365 e. The molecule has 1 atom stereocenters. The average molecular weight is 225 g/mol. The maximum Gasteiger partial charge on any atom is 0.182 e. The third-order valence-electron chi connectivity index (χ3n) is 2.84. The van der Waals surface area contributed by atoms with Gasteiger partial charge in [-0.05, 0) is 32.2 Å². The minimum Gasteiger partial charge on any atom is -0.365 e. The van der Waals surface area contributed by atoms with E-state index in [1.807, 2.05) is 18.4 Å². The van der Waals surface area contributed by atoms with Crippen molar-refractivity contribution in [2.24, 2.45) is 0 Å². The molecule has 4 heteroatoms.